The standard InChI is InChI=1S/C22H19Cl2FN2OS/c23-17-10-7-15(13-18(17)24)19-21(29)27(20(28)14-5-8-16(25)9-6-14)22(26-19)11-3-1-2-4-12-22/h5-10,13H,1-4,11-12H2. The van der Waals surface area contributed by atoms with Crippen LogP contribution in [0.2, 0.25) is 10.0 Å². The lowest BCUT2D eigenvalue weighted by molar-refractivity contribution is 0.0692. The Hall–Kier alpha value is -1.82. The highest BCUT2D eigenvalue weighted by molar-refractivity contribution is 7.82. The predicted molar refractivity (Wildman–Crippen MR) is 119 cm³/mol. The van der Waals surface area contributed by atoms with Crippen molar-refractivity contribution in [3.8, 4) is 0 Å². The van der Waals surface area contributed by atoms with Crippen LogP contribution in [0, 0.1) is 5.82 Å². The summed E-state index contributed by atoms with van der Waals surface area (Å²) in [5.74, 6) is -0.641. The highest BCUT2D eigenvalue weighted by atomic mass is 35.5. The fraction of sp³-hybridized carbons (Fsp3) is 0.318. The second kappa shape index (κ2) is 8.13. The first-order valence-corrected chi connectivity index (χ1v) is 10.8. The predicted octanol–water partition coefficient (Wildman–Crippen LogP) is 6.46. The number of hydrogen-bond acceptors (Lipinski definition) is 3. The fourth-order valence-electron chi connectivity index (χ4n) is 4.07. The van der Waals surface area contributed by atoms with E-state index in [1.165, 1.54) is 24.3 Å². The van der Waals surface area contributed by atoms with Gasteiger partial charge < -0.3 is 0 Å². The molecular formula is C22H19Cl2FN2OS. The average Bonchev–Trinajstić information content (AvgIpc) is 2.83. The topological polar surface area (TPSA) is 32.7 Å². The van der Waals surface area contributed by atoms with Gasteiger partial charge in [0.1, 0.15) is 22.2 Å². The molecule has 0 unspecified atom stereocenters. The van der Waals surface area contributed by atoms with Crippen molar-refractivity contribution in [2.75, 3.05) is 0 Å². The molecule has 0 aromatic heterocycles. The number of thiocarbonyl (C=S) groups is 1. The van der Waals surface area contributed by atoms with Crippen LogP contribution in [0.5, 0.6) is 0 Å². The van der Waals surface area contributed by atoms with E-state index >= 15 is 0 Å². The fourth-order valence-corrected chi connectivity index (χ4v) is 4.78. The highest BCUT2D eigenvalue weighted by Crippen LogP contribution is 2.40. The molecule has 2 aliphatic rings. The Bertz CT molecular complexity index is 998. The Morgan fingerprint density at radius 3 is 2.28 bits per heavy atom. The molecule has 0 atom stereocenters. The Labute approximate surface area is 184 Å². The van der Waals surface area contributed by atoms with Gasteiger partial charge in [-0.3, -0.25) is 14.7 Å². The molecule has 1 saturated carbocycles. The third kappa shape index (κ3) is 3.83. The van der Waals surface area contributed by atoms with Gasteiger partial charge in [-0.15, -0.1) is 0 Å². The normalized spacial score (nSPS) is 18.7. The van der Waals surface area contributed by atoms with Crippen LogP contribution in [-0.4, -0.2) is 27.2 Å². The van der Waals surface area contributed by atoms with Crippen molar-refractivity contribution >= 4 is 52.0 Å². The largest absolute Gasteiger partial charge is 0.271 e. The van der Waals surface area contributed by atoms with Gasteiger partial charge in [0.15, 0.2) is 0 Å². The van der Waals surface area contributed by atoms with Gasteiger partial charge in [-0.25, -0.2) is 4.39 Å². The van der Waals surface area contributed by atoms with Crippen LogP contribution < -0.4 is 0 Å². The van der Waals surface area contributed by atoms with Gasteiger partial charge in [0.05, 0.1) is 10.0 Å². The lowest BCUT2D eigenvalue weighted by atomic mass is 9.99. The molecular weight excluding hydrogens is 430 g/mol. The number of aliphatic imine (C=N–C) groups is 1. The molecule has 2 aromatic rings. The molecule has 7 heteroatoms. The van der Waals surface area contributed by atoms with E-state index in [9.17, 15) is 9.18 Å². The molecule has 4 rings (SSSR count). The summed E-state index contributed by atoms with van der Waals surface area (Å²) in [6.07, 6.45) is 5.62. The van der Waals surface area contributed by atoms with Crippen LogP contribution in [0.15, 0.2) is 47.5 Å². The second-order valence-corrected chi connectivity index (χ2v) is 8.64. The molecule has 1 fully saturated rings. The van der Waals surface area contributed by atoms with Gasteiger partial charge in [-0.1, -0.05) is 54.3 Å². The third-order valence-electron chi connectivity index (χ3n) is 5.53. The van der Waals surface area contributed by atoms with Crippen molar-refractivity contribution in [3.05, 3.63) is 69.5 Å². The summed E-state index contributed by atoms with van der Waals surface area (Å²) < 4.78 is 13.4. The summed E-state index contributed by atoms with van der Waals surface area (Å²) >= 11 is 18.0. The number of nitrogens with zero attached hydrogens (tertiary/aromatic N) is 2. The van der Waals surface area contributed by atoms with Gasteiger partial charge in [-0.2, -0.15) is 0 Å². The number of rotatable bonds is 2. The molecule has 1 heterocycles. The average molecular weight is 449 g/mol. The summed E-state index contributed by atoms with van der Waals surface area (Å²) in [4.78, 5) is 20.5. The number of halogens is 3. The summed E-state index contributed by atoms with van der Waals surface area (Å²) in [5, 5.41) is 0.858. The van der Waals surface area contributed by atoms with E-state index in [1.807, 2.05) is 6.07 Å². The van der Waals surface area contributed by atoms with E-state index in [1.54, 1.807) is 17.0 Å². The van der Waals surface area contributed by atoms with Gasteiger partial charge in [0.2, 0.25) is 0 Å². The van der Waals surface area contributed by atoms with Crippen molar-refractivity contribution in [2.45, 2.75) is 44.2 Å². The molecule has 1 aliphatic carbocycles. The Kier molecular flexibility index (Phi) is 5.74. The quantitative estimate of drug-likeness (QED) is 0.494. The molecule has 2 aromatic carbocycles. The molecule has 1 amide bonds. The summed E-state index contributed by atoms with van der Waals surface area (Å²) in [6, 6.07) is 10.8. The van der Waals surface area contributed by atoms with Gasteiger partial charge in [0, 0.05) is 11.1 Å². The SMILES string of the molecule is O=C(c1ccc(F)cc1)N1C(=S)C(c2ccc(Cl)c(Cl)c2)=NC12CCCCCC2. The van der Waals surface area contributed by atoms with Crippen molar-refractivity contribution < 1.29 is 9.18 Å². The van der Waals surface area contributed by atoms with Crippen LogP contribution in [0.25, 0.3) is 0 Å². The lowest BCUT2D eigenvalue weighted by Gasteiger charge is -2.35. The van der Waals surface area contributed by atoms with E-state index in [0.29, 0.717) is 26.3 Å². The monoisotopic (exact) mass is 448 g/mol. The van der Waals surface area contributed by atoms with Crippen molar-refractivity contribution in [3.63, 3.8) is 0 Å². The molecule has 0 saturated heterocycles. The molecule has 0 radical (unpaired) electrons. The number of hydrogen-bond donors (Lipinski definition) is 0. The minimum Gasteiger partial charge on any atom is -0.271 e. The lowest BCUT2D eigenvalue weighted by Crippen LogP contribution is -2.49. The van der Waals surface area contributed by atoms with E-state index in [4.69, 9.17) is 40.4 Å². The van der Waals surface area contributed by atoms with Crippen LogP contribution in [-0.2, 0) is 0 Å². The van der Waals surface area contributed by atoms with Crippen LogP contribution in [0.1, 0.15) is 54.4 Å². The van der Waals surface area contributed by atoms with E-state index in [-0.39, 0.29) is 11.7 Å². The second-order valence-electron chi connectivity index (χ2n) is 7.44. The van der Waals surface area contributed by atoms with E-state index in [2.05, 4.69) is 0 Å². The van der Waals surface area contributed by atoms with Crippen LogP contribution in [0.4, 0.5) is 4.39 Å². The third-order valence-corrected chi connectivity index (χ3v) is 6.65. The first-order chi connectivity index (χ1) is 13.9. The zero-order valence-electron chi connectivity index (χ0n) is 15.6. The van der Waals surface area contributed by atoms with Crippen molar-refractivity contribution in [2.24, 2.45) is 4.99 Å². The molecule has 29 heavy (non-hydrogen) atoms. The maximum absolute atomic E-state index is 13.4. The van der Waals surface area contributed by atoms with Crippen LogP contribution >= 0.6 is 35.4 Å². The summed E-state index contributed by atoms with van der Waals surface area (Å²) in [7, 11) is 0. The highest BCUT2D eigenvalue weighted by Gasteiger charge is 2.48. The molecule has 1 aliphatic heterocycles. The number of amides is 1. The first-order valence-electron chi connectivity index (χ1n) is 9.61. The van der Waals surface area contributed by atoms with Crippen LogP contribution in [0.3, 0.4) is 0 Å². The Morgan fingerprint density at radius 1 is 1.00 bits per heavy atom. The zero-order valence-corrected chi connectivity index (χ0v) is 18.0. The van der Waals surface area contributed by atoms with Gasteiger partial charge in [-0.05, 0) is 62.1 Å². The molecule has 150 valence electrons. The zero-order chi connectivity index (χ0) is 20.6. The summed E-state index contributed by atoms with van der Waals surface area (Å²) in [5.41, 5.74) is 1.00. The minimum atomic E-state index is -0.708. The minimum absolute atomic E-state index is 0.254. The Balaban J connectivity index is 1.79. The first kappa shape index (κ1) is 20.5. The molecule has 0 N–H and O–H groups in total. The van der Waals surface area contributed by atoms with E-state index in [0.717, 1.165) is 44.1 Å². The van der Waals surface area contributed by atoms with Gasteiger partial charge >= 0.3 is 0 Å². The Morgan fingerprint density at radius 2 is 1.66 bits per heavy atom. The van der Waals surface area contributed by atoms with Gasteiger partial charge in [0.25, 0.3) is 5.91 Å². The van der Waals surface area contributed by atoms with Crippen molar-refractivity contribution in [1.29, 1.82) is 0 Å². The maximum atomic E-state index is 13.4. The molecule has 1 spiro atoms. The number of carbonyl (C=O) groups excluding carboxylic acids is 1. The van der Waals surface area contributed by atoms with E-state index < -0.39 is 5.66 Å². The smallest absolute Gasteiger partial charge is 0.260 e. The summed E-state index contributed by atoms with van der Waals surface area (Å²) in [6.45, 7) is 0. The van der Waals surface area contributed by atoms with Crippen molar-refractivity contribution in [1.82, 2.24) is 4.90 Å². The number of benzene rings is 2. The molecule has 0 bridgehead atoms. The molecule has 3 nitrogen and oxygen atoms in total. The number of carbonyl (C=O) groups is 1. The maximum Gasteiger partial charge on any atom is 0.260 e.